The molecule has 0 unspecified atom stereocenters. The molecule has 1 heterocycles. The van der Waals surface area contributed by atoms with Crippen molar-refractivity contribution < 1.29 is 4.74 Å². The molecule has 2 nitrogen and oxygen atoms in total. The molecule has 17 heavy (non-hydrogen) atoms. The van der Waals surface area contributed by atoms with Crippen LogP contribution in [0.25, 0.3) is 0 Å². The van der Waals surface area contributed by atoms with E-state index in [1.54, 1.807) is 0 Å². The zero-order valence-corrected chi connectivity index (χ0v) is 10.9. The van der Waals surface area contributed by atoms with Gasteiger partial charge < -0.3 is 10.1 Å². The van der Waals surface area contributed by atoms with Gasteiger partial charge in [0, 0.05) is 17.0 Å². The van der Waals surface area contributed by atoms with Crippen LogP contribution in [0.2, 0.25) is 5.02 Å². The van der Waals surface area contributed by atoms with E-state index in [4.69, 9.17) is 16.3 Å². The highest BCUT2D eigenvalue weighted by Gasteiger charge is 2.62. The van der Waals surface area contributed by atoms with Gasteiger partial charge in [0.1, 0.15) is 0 Å². The van der Waals surface area contributed by atoms with Crippen molar-refractivity contribution in [1.29, 1.82) is 0 Å². The number of halogens is 1. The minimum absolute atomic E-state index is 0.223. The van der Waals surface area contributed by atoms with Crippen LogP contribution in [-0.2, 0) is 10.2 Å². The zero-order valence-electron chi connectivity index (χ0n) is 10.1. The maximum atomic E-state index is 5.97. The molecule has 0 amide bonds. The van der Waals surface area contributed by atoms with E-state index < -0.39 is 0 Å². The largest absolute Gasteiger partial charge is 0.379 e. The summed E-state index contributed by atoms with van der Waals surface area (Å²) in [5.74, 6) is 0. The van der Waals surface area contributed by atoms with E-state index in [0.29, 0.717) is 5.41 Å². The first kappa shape index (κ1) is 11.5. The molecule has 0 aromatic heterocycles. The van der Waals surface area contributed by atoms with Crippen LogP contribution in [0.4, 0.5) is 0 Å². The molecule has 1 saturated carbocycles. The maximum absolute atomic E-state index is 5.97. The molecule has 92 valence electrons. The highest BCUT2D eigenvalue weighted by Crippen LogP contribution is 2.62. The fourth-order valence-corrected chi connectivity index (χ4v) is 3.29. The third-order valence-electron chi connectivity index (χ3n) is 4.48. The van der Waals surface area contributed by atoms with Gasteiger partial charge in [-0.25, -0.2) is 0 Å². The molecule has 0 atom stereocenters. The molecular weight excluding hydrogens is 234 g/mol. The minimum atomic E-state index is 0.223. The number of hydrogen-bond donors (Lipinski definition) is 1. The maximum Gasteiger partial charge on any atom is 0.0591 e. The van der Waals surface area contributed by atoms with Gasteiger partial charge in [0.15, 0.2) is 0 Å². The summed E-state index contributed by atoms with van der Waals surface area (Å²) in [6, 6.07) is 8.32. The van der Waals surface area contributed by atoms with Gasteiger partial charge >= 0.3 is 0 Å². The number of benzene rings is 1. The molecule has 0 bridgehead atoms. The average Bonchev–Trinajstić information content (AvgIpc) is 3.01. The smallest absolute Gasteiger partial charge is 0.0591 e. The fourth-order valence-electron chi connectivity index (χ4n) is 3.17. The van der Waals surface area contributed by atoms with E-state index in [0.717, 1.165) is 24.8 Å². The van der Waals surface area contributed by atoms with Crippen molar-refractivity contribution in [1.82, 2.24) is 5.32 Å². The second-order valence-electron chi connectivity index (χ2n) is 5.39. The Labute approximate surface area is 107 Å². The Hall–Kier alpha value is -0.570. The van der Waals surface area contributed by atoms with Crippen LogP contribution in [0.5, 0.6) is 0 Å². The summed E-state index contributed by atoms with van der Waals surface area (Å²) in [6.07, 6.45) is 2.61. The SMILES string of the molecule is CNCC1(C2(c3ccc(Cl)cc3)COC2)CC1. The molecule has 2 aliphatic rings. The van der Waals surface area contributed by atoms with Gasteiger partial charge in [0.2, 0.25) is 0 Å². The topological polar surface area (TPSA) is 21.3 Å². The van der Waals surface area contributed by atoms with E-state index in [1.807, 2.05) is 19.2 Å². The lowest BCUT2D eigenvalue weighted by atomic mass is 9.66. The molecule has 1 N–H and O–H groups in total. The van der Waals surface area contributed by atoms with Crippen LogP contribution >= 0.6 is 11.6 Å². The van der Waals surface area contributed by atoms with Gasteiger partial charge in [0.25, 0.3) is 0 Å². The zero-order chi connectivity index (χ0) is 11.9. The molecule has 1 saturated heterocycles. The first-order valence-electron chi connectivity index (χ1n) is 6.21. The molecule has 0 spiro atoms. The Morgan fingerprint density at radius 1 is 1.24 bits per heavy atom. The molecule has 1 aromatic carbocycles. The highest BCUT2D eigenvalue weighted by atomic mass is 35.5. The number of hydrogen-bond acceptors (Lipinski definition) is 2. The second-order valence-corrected chi connectivity index (χ2v) is 5.83. The summed E-state index contributed by atoms with van der Waals surface area (Å²) in [5, 5.41) is 4.15. The molecule has 0 radical (unpaired) electrons. The van der Waals surface area contributed by atoms with E-state index in [2.05, 4.69) is 17.4 Å². The van der Waals surface area contributed by atoms with E-state index in [9.17, 15) is 0 Å². The number of nitrogens with one attached hydrogen (secondary N) is 1. The lowest BCUT2D eigenvalue weighted by Crippen LogP contribution is -2.56. The Bertz CT molecular complexity index is 407. The van der Waals surface area contributed by atoms with Crippen molar-refractivity contribution in [3.63, 3.8) is 0 Å². The summed E-state index contributed by atoms with van der Waals surface area (Å²) in [6.45, 7) is 2.80. The van der Waals surface area contributed by atoms with Gasteiger partial charge in [-0.2, -0.15) is 0 Å². The van der Waals surface area contributed by atoms with Crippen LogP contribution in [0.15, 0.2) is 24.3 Å². The second kappa shape index (κ2) is 3.98. The Morgan fingerprint density at radius 2 is 1.88 bits per heavy atom. The number of rotatable bonds is 4. The molecule has 1 aliphatic carbocycles. The molecular formula is C14H18ClNO. The predicted octanol–water partition coefficient (Wildman–Crippen LogP) is 2.61. The standard InChI is InChI=1S/C14H18ClNO/c1-16-8-13(6-7-13)14(9-17-10-14)11-2-4-12(15)5-3-11/h2-5,16H,6-10H2,1H3. The fraction of sp³-hybridized carbons (Fsp3) is 0.571. The van der Waals surface area contributed by atoms with Crippen LogP contribution in [0.1, 0.15) is 18.4 Å². The van der Waals surface area contributed by atoms with Crippen LogP contribution in [-0.4, -0.2) is 26.8 Å². The molecule has 1 aliphatic heterocycles. The lowest BCUT2D eigenvalue weighted by Gasteiger charge is -2.48. The van der Waals surface area contributed by atoms with Crippen molar-refractivity contribution in [2.45, 2.75) is 18.3 Å². The number of ether oxygens (including phenoxy) is 1. The van der Waals surface area contributed by atoms with E-state index in [-0.39, 0.29) is 5.41 Å². The van der Waals surface area contributed by atoms with E-state index in [1.165, 1.54) is 18.4 Å². The van der Waals surface area contributed by atoms with Gasteiger partial charge in [-0.05, 0) is 43.0 Å². The Morgan fingerprint density at radius 3 is 2.29 bits per heavy atom. The Balaban J connectivity index is 1.94. The van der Waals surface area contributed by atoms with Crippen LogP contribution in [0, 0.1) is 5.41 Å². The molecule has 1 aromatic rings. The third kappa shape index (κ3) is 1.62. The van der Waals surface area contributed by atoms with Gasteiger partial charge in [0.05, 0.1) is 13.2 Å². The first-order chi connectivity index (χ1) is 8.22. The van der Waals surface area contributed by atoms with Crippen molar-refractivity contribution in [3.8, 4) is 0 Å². The van der Waals surface area contributed by atoms with Gasteiger partial charge in [-0.1, -0.05) is 23.7 Å². The molecule has 2 fully saturated rings. The van der Waals surface area contributed by atoms with Gasteiger partial charge in [-0.15, -0.1) is 0 Å². The minimum Gasteiger partial charge on any atom is -0.379 e. The Kier molecular flexibility index (Phi) is 2.69. The quantitative estimate of drug-likeness (QED) is 0.888. The van der Waals surface area contributed by atoms with Gasteiger partial charge in [-0.3, -0.25) is 0 Å². The summed E-state index contributed by atoms with van der Waals surface area (Å²) in [7, 11) is 2.04. The van der Waals surface area contributed by atoms with Crippen molar-refractivity contribution in [2.24, 2.45) is 5.41 Å². The summed E-state index contributed by atoms with van der Waals surface area (Å²) >= 11 is 5.97. The first-order valence-corrected chi connectivity index (χ1v) is 6.59. The highest BCUT2D eigenvalue weighted by molar-refractivity contribution is 6.30. The normalized spacial score (nSPS) is 24.1. The summed E-state index contributed by atoms with van der Waals surface area (Å²) < 4.78 is 5.53. The van der Waals surface area contributed by atoms with E-state index >= 15 is 0 Å². The molecule has 3 rings (SSSR count). The predicted molar refractivity (Wildman–Crippen MR) is 69.5 cm³/mol. The van der Waals surface area contributed by atoms with Crippen LogP contribution < -0.4 is 5.32 Å². The van der Waals surface area contributed by atoms with Crippen molar-refractivity contribution >= 4 is 11.6 Å². The van der Waals surface area contributed by atoms with Crippen molar-refractivity contribution in [2.75, 3.05) is 26.8 Å². The third-order valence-corrected chi connectivity index (χ3v) is 4.73. The molecule has 3 heteroatoms. The van der Waals surface area contributed by atoms with Crippen molar-refractivity contribution in [3.05, 3.63) is 34.9 Å². The lowest BCUT2D eigenvalue weighted by molar-refractivity contribution is -0.0986. The van der Waals surface area contributed by atoms with Crippen LogP contribution in [0.3, 0.4) is 0 Å². The monoisotopic (exact) mass is 251 g/mol. The summed E-state index contributed by atoms with van der Waals surface area (Å²) in [5.41, 5.74) is 2.02. The summed E-state index contributed by atoms with van der Waals surface area (Å²) in [4.78, 5) is 0. The average molecular weight is 252 g/mol.